The maximum Gasteiger partial charge on any atom is 0.208 e. The molecule has 4 heteroatoms. The molecule has 2 aromatic rings. The van der Waals surface area contributed by atoms with Gasteiger partial charge in [0, 0.05) is 16.0 Å². The van der Waals surface area contributed by atoms with Crippen molar-refractivity contribution in [2.45, 2.75) is 37.8 Å². The molecule has 0 saturated carbocycles. The van der Waals surface area contributed by atoms with E-state index in [1.807, 2.05) is 12.1 Å². The average molecular weight is 276 g/mol. The number of hydrogen-bond acceptors (Lipinski definition) is 4. The van der Waals surface area contributed by atoms with Crippen molar-refractivity contribution in [3.05, 3.63) is 36.4 Å². The second-order valence-corrected chi connectivity index (χ2v) is 6.27. The number of thioether (sulfide) groups is 1. The lowest BCUT2D eigenvalue weighted by molar-refractivity contribution is 0.383. The Morgan fingerprint density at radius 1 is 1.26 bits per heavy atom. The van der Waals surface area contributed by atoms with Crippen LogP contribution in [0.25, 0.3) is 11.3 Å². The molecular weight excluding hydrogens is 256 g/mol. The number of aromatic nitrogens is 1. The van der Waals surface area contributed by atoms with E-state index < -0.39 is 0 Å². The first-order chi connectivity index (χ1) is 8.99. The van der Waals surface area contributed by atoms with Crippen LogP contribution in [0.15, 0.2) is 39.8 Å². The van der Waals surface area contributed by atoms with E-state index >= 15 is 0 Å². The van der Waals surface area contributed by atoms with Gasteiger partial charge in [0.25, 0.3) is 0 Å². The van der Waals surface area contributed by atoms with Gasteiger partial charge in [-0.3, -0.25) is 0 Å². The van der Waals surface area contributed by atoms with E-state index in [9.17, 15) is 0 Å². The number of hydrogen-bond donors (Lipinski definition) is 1. The van der Waals surface area contributed by atoms with Crippen molar-refractivity contribution in [2.24, 2.45) is 0 Å². The summed E-state index contributed by atoms with van der Waals surface area (Å²) in [5.74, 6) is 1.55. The highest BCUT2D eigenvalue weighted by Crippen LogP contribution is 2.30. The minimum absolute atomic E-state index is 0.0613. The second kappa shape index (κ2) is 5.80. The molecule has 1 aromatic carbocycles. The van der Waals surface area contributed by atoms with Crippen LogP contribution in [-0.2, 0) is 6.54 Å². The first kappa shape index (κ1) is 14.2. The third-order valence-corrected chi connectivity index (χ3v) is 3.49. The predicted octanol–water partition coefficient (Wildman–Crippen LogP) is 3.95. The van der Waals surface area contributed by atoms with E-state index in [2.05, 4.69) is 49.5 Å². The molecule has 0 aliphatic rings. The first-order valence-electron chi connectivity index (χ1n) is 6.33. The molecule has 1 N–H and O–H groups in total. The van der Waals surface area contributed by atoms with Crippen molar-refractivity contribution in [1.29, 1.82) is 0 Å². The maximum absolute atomic E-state index is 5.82. The lowest BCUT2D eigenvalue weighted by Gasteiger charge is -2.18. The number of rotatable bonds is 4. The highest BCUT2D eigenvalue weighted by atomic mass is 32.2. The molecule has 0 atom stereocenters. The van der Waals surface area contributed by atoms with Gasteiger partial charge in [-0.25, -0.2) is 4.98 Å². The molecular formula is C15H20N2OS. The van der Waals surface area contributed by atoms with E-state index in [-0.39, 0.29) is 5.54 Å². The van der Waals surface area contributed by atoms with E-state index in [0.717, 1.165) is 17.2 Å². The molecule has 3 nitrogen and oxygen atoms in total. The van der Waals surface area contributed by atoms with Crippen molar-refractivity contribution in [3.8, 4) is 11.3 Å². The van der Waals surface area contributed by atoms with Gasteiger partial charge >= 0.3 is 0 Å². The fourth-order valence-corrected chi connectivity index (χ4v) is 2.31. The minimum atomic E-state index is 0.0613. The molecule has 0 amide bonds. The molecule has 0 unspecified atom stereocenters. The van der Waals surface area contributed by atoms with E-state index in [1.165, 1.54) is 4.90 Å². The van der Waals surface area contributed by atoms with Crippen LogP contribution in [0.5, 0.6) is 0 Å². The molecule has 0 aliphatic carbocycles. The zero-order valence-electron chi connectivity index (χ0n) is 11.9. The van der Waals surface area contributed by atoms with Gasteiger partial charge in [0.1, 0.15) is 0 Å². The van der Waals surface area contributed by atoms with Crippen LogP contribution in [0.1, 0.15) is 26.7 Å². The van der Waals surface area contributed by atoms with Gasteiger partial charge in [0.05, 0.1) is 12.7 Å². The quantitative estimate of drug-likeness (QED) is 0.858. The predicted molar refractivity (Wildman–Crippen MR) is 80.3 cm³/mol. The fraction of sp³-hybridized carbons (Fsp3) is 0.400. The molecule has 102 valence electrons. The second-order valence-electron chi connectivity index (χ2n) is 5.42. The Bertz CT molecular complexity index is 543. The molecule has 0 radical (unpaired) electrons. The Labute approximate surface area is 118 Å². The number of nitrogens with one attached hydrogen (secondary N) is 1. The first-order valence-corrected chi connectivity index (χ1v) is 7.55. The summed E-state index contributed by atoms with van der Waals surface area (Å²) in [7, 11) is 0. The molecule has 19 heavy (non-hydrogen) atoms. The molecule has 0 spiro atoms. The third kappa shape index (κ3) is 3.85. The Morgan fingerprint density at radius 3 is 2.68 bits per heavy atom. The largest absolute Gasteiger partial charge is 0.439 e. The van der Waals surface area contributed by atoms with Gasteiger partial charge in [0.15, 0.2) is 5.76 Å². The Kier molecular flexibility index (Phi) is 4.32. The zero-order chi connectivity index (χ0) is 13.9. The Hall–Kier alpha value is -1.26. The summed E-state index contributed by atoms with van der Waals surface area (Å²) in [5, 5.41) is 3.37. The normalized spacial score (nSPS) is 11.8. The summed E-state index contributed by atoms with van der Waals surface area (Å²) >= 11 is 1.71. The van der Waals surface area contributed by atoms with Crippen LogP contribution < -0.4 is 5.32 Å². The van der Waals surface area contributed by atoms with Crippen LogP contribution in [0.3, 0.4) is 0 Å². The van der Waals surface area contributed by atoms with Crippen molar-refractivity contribution < 1.29 is 4.42 Å². The number of oxazole rings is 1. The van der Waals surface area contributed by atoms with Crippen LogP contribution in [0.4, 0.5) is 0 Å². The highest BCUT2D eigenvalue weighted by molar-refractivity contribution is 7.98. The van der Waals surface area contributed by atoms with Gasteiger partial charge in [-0.2, -0.15) is 0 Å². The van der Waals surface area contributed by atoms with E-state index in [0.29, 0.717) is 6.54 Å². The SMILES string of the molecule is CSc1ccccc1-c1cnc(CNC(C)(C)C)o1. The van der Waals surface area contributed by atoms with Gasteiger partial charge in [-0.1, -0.05) is 18.2 Å². The lowest BCUT2D eigenvalue weighted by atomic mass is 10.1. The molecule has 2 rings (SSSR count). The van der Waals surface area contributed by atoms with Gasteiger partial charge in [-0.05, 0) is 33.1 Å². The molecule has 0 fully saturated rings. The summed E-state index contributed by atoms with van der Waals surface area (Å²) in [6.07, 6.45) is 3.87. The van der Waals surface area contributed by atoms with E-state index in [4.69, 9.17) is 4.42 Å². The molecule has 0 aliphatic heterocycles. The van der Waals surface area contributed by atoms with Gasteiger partial charge < -0.3 is 9.73 Å². The maximum atomic E-state index is 5.82. The number of benzene rings is 1. The van der Waals surface area contributed by atoms with Crippen molar-refractivity contribution in [1.82, 2.24) is 10.3 Å². The average Bonchev–Trinajstić information content (AvgIpc) is 2.84. The molecule has 0 saturated heterocycles. The van der Waals surface area contributed by atoms with E-state index in [1.54, 1.807) is 18.0 Å². The van der Waals surface area contributed by atoms with Crippen molar-refractivity contribution in [2.75, 3.05) is 6.26 Å². The Balaban J connectivity index is 2.17. The molecule has 1 heterocycles. The molecule has 1 aromatic heterocycles. The van der Waals surface area contributed by atoms with Crippen molar-refractivity contribution >= 4 is 11.8 Å². The van der Waals surface area contributed by atoms with Crippen LogP contribution in [-0.4, -0.2) is 16.8 Å². The summed E-state index contributed by atoms with van der Waals surface area (Å²) < 4.78 is 5.82. The van der Waals surface area contributed by atoms with Crippen molar-refractivity contribution in [3.63, 3.8) is 0 Å². The smallest absolute Gasteiger partial charge is 0.208 e. The summed E-state index contributed by atoms with van der Waals surface area (Å²) in [4.78, 5) is 5.54. The van der Waals surface area contributed by atoms with Crippen LogP contribution >= 0.6 is 11.8 Å². The summed E-state index contributed by atoms with van der Waals surface area (Å²) in [6, 6.07) is 8.21. The van der Waals surface area contributed by atoms with Crippen LogP contribution in [0, 0.1) is 0 Å². The minimum Gasteiger partial charge on any atom is -0.439 e. The summed E-state index contributed by atoms with van der Waals surface area (Å²) in [6.45, 7) is 7.02. The Morgan fingerprint density at radius 2 is 2.00 bits per heavy atom. The number of nitrogens with zero attached hydrogens (tertiary/aromatic N) is 1. The van der Waals surface area contributed by atoms with Crippen LogP contribution in [0.2, 0.25) is 0 Å². The topological polar surface area (TPSA) is 38.1 Å². The van der Waals surface area contributed by atoms with Gasteiger partial charge in [-0.15, -0.1) is 11.8 Å². The van der Waals surface area contributed by atoms with Gasteiger partial charge in [0.2, 0.25) is 5.89 Å². The fourth-order valence-electron chi connectivity index (χ4n) is 1.71. The lowest BCUT2D eigenvalue weighted by Crippen LogP contribution is -2.35. The highest BCUT2D eigenvalue weighted by Gasteiger charge is 2.13. The zero-order valence-corrected chi connectivity index (χ0v) is 12.7. The monoisotopic (exact) mass is 276 g/mol. The molecule has 0 bridgehead atoms. The standard InChI is InChI=1S/C15H20N2OS/c1-15(2,3)17-10-14-16-9-12(18-14)11-7-5-6-8-13(11)19-4/h5-9,17H,10H2,1-4H3. The third-order valence-electron chi connectivity index (χ3n) is 2.70. The summed E-state index contributed by atoms with van der Waals surface area (Å²) in [5.41, 5.74) is 1.16.